The third-order valence-corrected chi connectivity index (χ3v) is 2.95. The summed E-state index contributed by atoms with van der Waals surface area (Å²) >= 11 is 0. The van der Waals surface area contributed by atoms with Crippen molar-refractivity contribution in [2.75, 3.05) is 11.9 Å². The SMILES string of the molecule is N#Cc1ccc(NC2CCC(=O)NC2)cc1[N+](=O)[O-]. The lowest BCUT2D eigenvalue weighted by Crippen LogP contribution is -2.41. The van der Waals surface area contributed by atoms with Crippen molar-refractivity contribution in [3.8, 4) is 6.07 Å². The number of hydrogen-bond acceptors (Lipinski definition) is 5. The van der Waals surface area contributed by atoms with Gasteiger partial charge in [-0.2, -0.15) is 5.26 Å². The van der Waals surface area contributed by atoms with Gasteiger partial charge in [-0.1, -0.05) is 0 Å². The summed E-state index contributed by atoms with van der Waals surface area (Å²) in [5.74, 6) is 0.0175. The third-order valence-electron chi connectivity index (χ3n) is 2.95. The van der Waals surface area contributed by atoms with Crippen LogP contribution in [-0.4, -0.2) is 23.4 Å². The molecule has 7 nitrogen and oxygen atoms in total. The summed E-state index contributed by atoms with van der Waals surface area (Å²) in [6.45, 7) is 0.493. The number of carbonyl (C=O) groups is 1. The highest BCUT2D eigenvalue weighted by Crippen LogP contribution is 2.23. The van der Waals surface area contributed by atoms with Crippen LogP contribution in [0.1, 0.15) is 18.4 Å². The van der Waals surface area contributed by atoms with Crippen molar-refractivity contribution in [3.05, 3.63) is 33.9 Å². The summed E-state index contributed by atoms with van der Waals surface area (Å²) in [5, 5.41) is 25.5. The highest BCUT2D eigenvalue weighted by molar-refractivity contribution is 5.77. The number of nitrogens with one attached hydrogen (secondary N) is 2. The molecule has 1 atom stereocenters. The second-order valence-electron chi connectivity index (χ2n) is 4.28. The summed E-state index contributed by atoms with van der Waals surface area (Å²) in [6.07, 6.45) is 1.12. The number of nitriles is 1. The van der Waals surface area contributed by atoms with E-state index in [1.165, 1.54) is 12.1 Å². The molecule has 1 unspecified atom stereocenters. The number of rotatable bonds is 3. The number of amides is 1. The molecule has 1 aliphatic rings. The van der Waals surface area contributed by atoms with Gasteiger partial charge in [-0.25, -0.2) is 0 Å². The molecule has 1 aromatic carbocycles. The fourth-order valence-electron chi connectivity index (χ4n) is 1.96. The zero-order valence-electron chi connectivity index (χ0n) is 10.0. The Labute approximate surface area is 109 Å². The molecule has 1 saturated heterocycles. The normalized spacial score (nSPS) is 18.3. The van der Waals surface area contributed by atoms with E-state index in [1.54, 1.807) is 12.1 Å². The molecule has 1 amide bonds. The van der Waals surface area contributed by atoms with E-state index in [0.717, 1.165) is 0 Å². The molecule has 1 aliphatic heterocycles. The van der Waals surface area contributed by atoms with E-state index in [-0.39, 0.29) is 23.2 Å². The Morgan fingerprint density at radius 3 is 2.89 bits per heavy atom. The molecule has 0 aliphatic carbocycles. The maximum absolute atomic E-state index is 11.0. The maximum atomic E-state index is 11.0. The van der Waals surface area contributed by atoms with E-state index in [1.807, 2.05) is 0 Å². The Balaban J connectivity index is 2.13. The van der Waals surface area contributed by atoms with Crippen LogP contribution in [0.4, 0.5) is 11.4 Å². The van der Waals surface area contributed by atoms with Crippen molar-refractivity contribution >= 4 is 17.3 Å². The van der Waals surface area contributed by atoms with Crippen LogP contribution in [0.15, 0.2) is 18.2 Å². The Bertz CT molecular complexity index is 555. The molecule has 2 N–H and O–H groups in total. The monoisotopic (exact) mass is 260 g/mol. The van der Waals surface area contributed by atoms with Gasteiger partial charge in [0.05, 0.1) is 4.92 Å². The average molecular weight is 260 g/mol. The second kappa shape index (κ2) is 5.35. The number of nitro benzene ring substituents is 1. The van der Waals surface area contributed by atoms with Crippen molar-refractivity contribution in [2.24, 2.45) is 0 Å². The molecule has 0 radical (unpaired) electrons. The first-order valence-electron chi connectivity index (χ1n) is 5.82. The quantitative estimate of drug-likeness (QED) is 0.626. The Morgan fingerprint density at radius 1 is 1.53 bits per heavy atom. The van der Waals surface area contributed by atoms with E-state index in [2.05, 4.69) is 10.6 Å². The van der Waals surface area contributed by atoms with Crippen LogP contribution >= 0.6 is 0 Å². The molecule has 1 fully saturated rings. The van der Waals surface area contributed by atoms with Gasteiger partial charge in [-0.3, -0.25) is 14.9 Å². The van der Waals surface area contributed by atoms with Crippen LogP contribution in [-0.2, 0) is 4.79 Å². The van der Waals surface area contributed by atoms with Crippen LogP contribution in [0, 0.1) is 21.4 Å². The first-order valence-corrected chi connectivity index (χ1v) is 5.82. The van der Waals surface area contributed by atoms with E-state index in [4.69, 9.17) is 5.26 Å². The average Bonchev–Trinajstić information content (AvgIpc) is 2.41. The maximum Gasteiger partial charge on any atom is 0.289 e. The lowest BCUT2D eigenvalue weighted by Gasteiger charge is -2.24. The van der Waals surface area contributed by atoms with Crippen molar-refractivity contribution < 1.29 is 9.72 Å². The van der Waals surface area contributed by atoms with Gasteiger partial charge >= 0.3 is 0 Å². The van der Waals surface area contributed by atoms with Gasteiger partial charge in [-0.05, 0) is 18.6 Å². The van der Waals surface area contributed by atoms with Crippen molar-refractivity contribution in [1.29, 1.82) is 5.26 Å². The zero-order chi connectivity index (χ0) is 13.8. The standard InChI is InChI=1S/C12H12N4O3/c13-6-8-1-2-9(5-11(8)16(18)19)15-10-3-4-12(17)14-7-10/h1-2,5,10,15H,3-4,7H2,(H,14,17). The van der Waals surface area contributed by atoms with Crippen LogP contribution in [0.25, 0.3) is 0 Å². The van der Waals surface area contributed by atoms with Gasteiger partial charge in [0, 0.05) is 30.8 Å². The van der Waals surface area contributed by atoms with Gasteiger partial charge in [0.25, 0.3) is 5.69 Å². The summed E-state index contributed by atoms with van der Waals surface area (Å²) < 4.78 is 0. The van der Waals surface area contributed by atoms with Gasteiger partial charge in [0.2, 0.25) is 5.91 Å². The lowest BCUT2D eigenvalue weighted by molar-refractivity contribution is -0.385. The fraction of sp³-hybridized carbons (Fsp3) is 0.333. The number of anilines is 1. The van der Waals surface area contributed by atoms with Crippen LogP contribution < -0.4 is 10.6 Å². The summed E-state index contributed by atoms with van der Waals surface area (Å²) in [7, 11) is 0. The predicted molar refractivity (Wildman–Crippen MR) is 67.5 cm³/mol. The fourth-order valence-corrected chi connectivity index (χ4v) is 1.96. The molecular weight excluding hydrogens is 248 g/mol. The van der Waals surface area contributed by atoms with Gasteiger partial charge in [0.1, 0.15) is 11.6 Å². The van der Waals surface area contributed by atoms with Gasteiger partial charge in [-0.15, -0.1) is 0 Å². The number of benzene rings is 1. The van der Waals surface area contributed by atoms with E-state index in [0.29, 0.717) is 25.1 Å². The van der Waals surface area contributed by atoms with E-state index in [9.17, 15) is 14.9 Å². The summed E-state index contributed by atoms with van der Waals surface area (Å²) in [5.41, 5.74) is 0.395. The summed E-state index contributed by atoms with van der Waals surface area (Å²) in [4.78, 5) is 21.3. The molecule has 98 valence electrons. The third kappa shape index (κ3) is 2.98. The minimum atomic E-state index is -0.577. The Kier molecular flexibility index (Phi) is 3.61. The largest absolute Gasteiger partial charge is 0.380 e. The molecule has 0 saturated carbocycles. The zero-order valence-corrected chi connectivity index (χ0v) is 10.0. The predicted octanol–water partition coefficient (Wildman–Crippen LogP) is 1.16. The smallest absolute Gasteiger partial charge is 0.289 e. The number of nitrogens with zero attached hydrogens (tertiary/aromatic N) is 2. The number of nitro groups is 1. The molecule has 7 heteroatoms. The molecule has 19 heavy (non-hydrogen) atoms. The van der Waals surface area contributed by atoms with Crippen molar-refractivity contribution in [3.63, 3.8) is 0 Å². The Hall–Kier alpha value is -2.62. The number of piperidine rings is 1. The van der Waals surface area contributed by atoms with Crippen LogP contribution in [0.5, 0.6) is 0 Å². The van der Waals surface area contributed by atoms with E-state index < -0.39 is 4.92 Å². The number of hydrogen-bond donors (Lipinski definition) is 2. The first kappa shape index (κ1) is 12.8. The van der Waals surface area contributed by atoms with E-state index >= 15 is 0 Å². The highest BCUT2D eigenvalue weighted by atomic mass is 16.6. The summed E-state index contributed by atoms with van der Waals surface area (Å²) in [6, 6.07) is 6.22. The number of carbonyl (C=O) groups excluding carboxylic acids is 1. The van der Waals surface area contributed by atoms with Crippen molar-refractivity contribution in [2.45, 2.75) is 18.9 Å². The van der Waals surface area contributed by atoms with Crippen LogP contribution in [0.2, 0.25) is 0 Å². The lowest BCUT2D eigenvalue weighted by atomic mass is 10.1. The topological polar surface area (TPSA) is 108 Å². The van der Waals surface area contributed by atoms with Gasteiger partial charge < -0.3 is 10.6 Å². The van der Waals surface area contributed by atoms with Crippen LogP contribution in [0.3, 0.4) is 0 Å². The molecule has 0 aromatic heterocycles. The molecule has 0 spiro atoms. The molecule has 0 bridgehead atoms. The molecule has 2 rings (SSSR count). The van der Waals surface area contributed by atoms with Crippen molar-refractivity contribution in [1.82, 2.24) is 5.32 Å². The molecule has 1 aromatic rings. The highest BCUT2D eigenvalue weighted by Gasteiger charge is 2.19. The Morgan fingerprint density at radius 2 is 2.32 bits per heavy atom. The van der Waals surface area contributed by atoms with Gasteiger partial charge in [0.15, 0.2) is 0 Å². The minimum Gasteiger partial charge on any atom is -0.380 e. The molecular formula is C12H12N4O3. The second-order valence-corrected chi connectivity index (χ2v) is 4.28. The molecule has 1 heterocycles. The minimum absolute atomic E-state index is 0.0175. The first-order chi connectivity index (χ1) is 9.10.